The lowest BCUT2D eigenvalue weighted by atomic mass is 9.96. The van der Waals surface area contributed by atoms with Crippen molar-refractivity contribution in [2.75, 3.05) is 0 Å². The molecule has 116 valence electrons. The van der Waals surface area contributed by atoms with Gasteiger partial charge in [-0.1, -0.05) is 43.8 Å². The molecule has 0 N–H and O–H groups in total. The zero-order chi connectivity index (χ0) is 15.7. The highest BCUT2D eigenvalue weighted by molar-refractivity contribution is 7.99. The van der Waals surface area contributed by atoms with E-state index in [1.807, 2.05) is 45.2 Å². The quantitative estimate of drug-likeness (QED) is 0.656. The lowest BCUT2D eigenvalue weighted by Crippen LogP contribution is -2.13. The van der Waals surface area contributed by atoms with Gasteiger partial charge in [0.1, 0.15) is 0 Å². The minimum absolute atomic E-state index is 0.0553. The van der Waals surface area contributed by atoms with E-state index in [4.69, 9.17) is 8.94 Å². The molecule has 0 bridgehead atoms. The molecule has 0 saturated carbocycles. The normalized spacial score (nSPS) is 13.5. The van der Waals surface area contributed by atoms with Crippen molar-refractivity contribution in [1.29, 1.82) is 0 Å². The van der Waals surface area contributed by atoms with Gasteiger partial charge in [0.25, 0.3) is 11.1 Å². The third kappa shape index (κ3) is 3.22. The Kier molecular flexibility index (Phi) is 4.05. The Hall–Kier alpha value is -1.67. The lowest BCUT2D eigenvalue weighted by molar-refractivity contribution is 0.363. The van der Waals surface area contributed by atoms with Crippen LogP contribution in [0.3, 0.4) is 0 Å². The van der Waals surface area contributed by atoms with Crippen molar-refractivity contribution in [3.05, 3.63) is 29.2 Å². The predicted octanol–water partition coefficient (Wildman–Crippen LogP) is 4.33. The van der Waals surface area contributed by atoms with E-state index in [9.17, 15) is 0 Å². The van der Waals surface area contributed by atoms with Crippen LogP contribution in [0.15, 0.2) is 31.7 Å². The highest BCUT2D eigenvalue weighted by atomic mass is 32.2. The fourth-order valence-corrected chi connectivity index (χ4v) is 3.02. The zero-order valence-electron chi connectivity index (χ0n) is 12.7. The molecule has 3 aromatic rings. The van der Waals surface area contributed by atoms with Crippen LogP contribution in [0.4, 0.5) is 0 Å². The number of hydrogen-bond acceptors (Lipinski definition) is 8. The minimum Gasteiger partial charge on any atom is -0.410 e. The van der Waals surface area contributed by atoms with Gasteiger partial charge >= 0.3 is 0 Å². The lowest BCUT2D eigenvalue weighted by Gasteiger charge is -2.11. The maximum absolute atomic E-state index is 5.66. The molecule has 0 radical (unpaired) electrons. The highest BCUT2D eigenvalue weighted by Crippen LogP contribution is 2.35. The monoisotopic (exact) mass is 336 g/mol. The fraction of sp³-hybridized carbons (Fsp3) is 0.429. The molecule has 0 aromatic carbocycles. The SMILES string of the molecule is CC(Sc1nnc(-c2cccs2)o1)c1nc(C(C)(C)C)no1. The maximum atomic E-state index is 5.66. The van der Waals surface area contributed by atoms with Crippen LogP contribution in [0, 0.1) is 0 Å². The van der Waals surface area contributed by atoms with Gasteiger partial charge in [-0.05, 0) is 18.4 Å². The van der Waals surface area contributed by atoms with Crippen molar-refractivity contribution < 1.29 is 8.94 Å². The van der Waals surface area contributed by atoms with Crippen molar-refractivity contribution in [3.63, 3.8) is 0 Å². The van der Waals surface area contributed by atoms with E-state index < -0.39 is 0 Å². The summed E-state index contributed by atoms with van der Waals surface area (Å²) in [6.07, 6.45) is 0. The number of thiophene rings is 1. The summed E-state index contributed by atoms with van der Waals surface area (Å²) in [4.78, 5) is 5.41. The Morgan fingerprint density at radius 3 is 2.73 bits per heavy atom. The summed E-state index contributed by atoms with van der Waals surface area (Å²) in [5, 5.41) is 14.6. The molecular formula is C14H16N4O2S2. The zero-order valence-corrected chi connectivity index (χ0v) is 14.4. The van der Waals surface area contributed by atoms with Gasteiger partial charge in [0.15, 0.2) is 5.82 Å². The van der Waals surface area contributed by atoms with E-state index in [0.29, 0.717) is 22.8 Å². The van der Waals surface area contributed by atoms with Crippen molar-refractivity contribution in [1.82, 2.24) is 20.3 Å². The molecule has 8 heteroatoms. The van der Waals surface area contributed by atoms with Crippen LogP contribution < -0.4 is 0 Å². The van der Waals surface area contributed by atoms with Crippen LogP contribution in [0.25, 0.3) is 10.8 Å². The first-order chi connectivity index (χ1) is 10.4. The third-order valence-corrected chi connectivity index (χ3v) is 4.66. The molecule has 3 rings (SSSR count). The van der Waals surface area contributed by atoms with E-state index in [0.717, 1.165) is 4.88 Å². The van der Waals surface area contributed by atoms with Crippen molar-refractivity contribution >= 4 is 23.1 Å². The molecule has 3 aromatic heterocycles. The van der Waals surface area contributed by atoms with Crippen molar-refractivity contribution in [2.24, 2.45) is 0 Å². The number of rotatable bonds is 4. The summed E-state index contributed by atoms with van der Waals surface area (Å²) in [5.41, 5.74) is -0.136. The van der Waals surface area contributed by atoms with Crippen LogP contribution in [-0.4, -0.2) is 20.3 Å². The molecule has 0 spiro atoms. The molecule has 1 unspecified atom stereocenters. The Bertz CT molecular complexity index is 743. The largest absolute Gasteiger partial charge is 0.410 e. The van der Waals surface area contributed by atoms with Crippen LogP contribution in [0.2, 0.25) is 0 Å². The van der Waals surface area contributed by atoms with Gasteiger partial charge in [-0.3, -0.25) is 0 Å². The van der Waals surface area contributed by atoms with Gasteiger partial charge in [-0.2, -0.15) is 4.98 Å². The maximum Gasteiger partial charge on any atom is 0.277 e. The van der Waals surface area contributed by atoms with Gasteiger partial charge in [-0.25, -0.2) is 0 Å². The van der Waals surface area contributed by atoms with Crippen molar-refractivity contribution in [3.8, 4) is 10.8 Å². The van der Waals surface area contributed by atoms with Gasteiger partial charge in [0, 0.05) is 5.41 Å². The second-order valence-electron chi connectivity index (χ2n) is 5.82. The minimum atomic E-state index is -0.136. The first-order valence-electron chi connectivity index (χ1n) is 6.81. The Morgan fingerprint density at radius 2 is 2.09 bits per heavy atom. The van der Waals surface area contributed by atoms with E-state index in [1.54, 1.807) is 11.3 Å². The van der Waals surface area contributed by atoms with E-state index >= 15 is 0 Å². The molecule has 6 nitrogen and oxygen atoms in total. The molecule has 22 heavy (non-hydrogen) atoms. The average molecular weight is 336 g/mol. The first-order valence-corrected chi connectivity index (χ1v) is 8.57. The summed E-state index contributed by atoms with van der Waals surface area (Å²) >= 11 is 2.97. The molecule has 0 saturated heterocycles. The molecule has 0 amide bonds. The van der Waals surface area contributed by atoms with Crippen LogP contribution >= 0.6 is 23.1 Å². The predicted molar refractivity (Wildman–Crippen MR) is 84.9 cm³/mol. The summed E-state index contributed by atoms with van der Waals surface area (Å²) < 4.78 is 11.0. The summed E-state index contributed by atoms with van der Waals surface area (Å²) in [7, 11) is 0. The number of aromatic nitrogens is 4. The van der Waals surface area contributed by atoms with Crippen molar-refractivity contribution in [2.45, 2.75) is 43.6 Å². The summed E-state index contributed by atoms with van der Waals surface area (Å²) in [6.45, 7) is 8.11. The number of thioether (sulfide) groups is 1. The Labute approximate surface area is 136 Å². The number of nitrogens with zero attached hydrogens (tertiary/aromatic N) is 4. The van der Waals surface area contributed by atoms with Gasteiger partial charge in [0.05, 0.1) is 10.1 Å². The Balaban J connectivity index is 1.72. The summed E-state index contributed by atoms with van der Waals surface area (Å²) in [5.74, 6) is 1.79. The molecule has 0 aliphatic rings. The molecule has 3 heterocycles. The van der Waals surface area contributed by atoms with Gasteiger partial charge in [-0.15, -0.1) is 21.5 Å². The first kappa shape index (κ1) is 15.2. The van der Waals surface area contributed by atoms with E-state index in [2.05, 4.69) is 20.3 Å². The third-order valence-electron chi connectivity index (χ3n) is 2.88. The van der Waals surface area contributed by atoms with Gasteiger partial charge < -0.3 is 8.94 Å². The molecule has 1 atom stereocenters. The van der Waals surface area contributed by atoms with E-state index in [-0.39, 0.29) is 10.7 Å². The topological polar surface area (TPSA) is 77.8 Å². The number of hydrogen-bond donors (Lipinski definition) is 0. The standard InChI is InChI=1S/C14H16N4O2S2/c1-8(10-15-12(18-20-10)14(2,3)4)22-13-17-16-11(19-13)9-6-5-7-21-9/h5-8H,1-4H3. The van der Waals surface area contributed by atoms with E-state index in [1.165, 1.54) is 11.8 Å². The molecule has 0 aliphatic carbocycles. The average Bonchev–Trinajstić information content (AvgIpc) is 3.19. The van der Waals surface area contributed by atoms with Crippen LogP contribution in [0.1, 0.15) is 44.7 Å². The highest BCUT2D eigenvalue weighted by Gasteiger charge is 2.24. The smallest absolute Gasteiger partial charge is 0.277 e. The van der Waals surface area contributed by atoms with Gasteiger partial charge in [0.2, 0.25) is 5.89 Å². The second-order valence-corrected chi connectivity index (χ2v) is 8.06. The van der Waals surface area contributed by atoms with Crippen LogP contribution in [0.5, 0.6) is 0 Å². The molecular weight excluding hydrogens is 320 g/mol. The summed E-state index contributed by atoms with van der Waals surface area (Å²) in [6, 6.07) is 3.90. The molecule has 0 aliphatic heterocycles. The fourth-order valence-electron chi connectivity index (χ4n) is 1.66. The Morgan fingerprint density at radius 1 is 1.27 bits per heavy atom. The molecule has 0 fully saturated rings. The second kappa shape index (κ2) is 5.85. The van der Waals surface area contributed by atoms with Crippen LogP contribution in [-0.2, 0) is 5.41 Å².